The van der Waals surface area contributed by atoms with Crippen molar-refractivity contribution in [1.29, 1.82) is 0 Å². The molecule has 0 fully saturated rings. The first-order valence-corrected chi connectivity index (χ1v) is 16.7. The van der Waals surface area contributed by atoms with Gasteiger partial charge in [0.2, 0.25) is 5.91 Å². The molecule has 3 aromatic carbocycles. The summed E-state index contributed by atoms with van der Waals surface area (Å²) in [6, 6.07) is 18.8. The lowest BCUT2D eigenvalue weighted by Gasteiger charge is -2.39. The molecule has 40 heavy (non-hydrogen) atoms. The fourth-order valence-electron chi connectivity index (χ4n) is 4.22. The summed E-state index contributed by atoms with van der Waals surface area (Å²) >= 11 is 0. The first-order chi connectivity index (χ1) is 18.7. The summed E-state index contributed by atoms with van der Waals surface area (Å²) in [5, 5.41) is 26.7. The first kappa shape index (κ1) is 31.3. The maximum atomic E-state index is 13.1. The third-order valence-electron chi connectivity index (χ3n) is 7.49. The Hall–Kier alpha value is -3.20. The molecule has 0 heterocycles. The molecule has 2 unspecified atom stereocenters. The van der Waals surface area contributed by atoms with Crippen LogP contribution in [-0.4, -0.2) is 37.0 Å². The summed E-state index contributed by atoms with van der Waals surface area (Å²) in [5.41, 5.74) is 3.62. The van der Waals surface area contributed by atoms with E-state index in [-0.39, 0.29) is 46.8 Å². The highest BCUT2D eigenvalue weighted by molar-refractivity contribution is 6.74. The molecule has 8 heteroatoms. The predicted molar refractivity (Wildman–Crippen MR) is 160 cm³/mol. The molecule has 6 nitrogen and oxygen atoms in total. The van der Waals surface area contributed by atoms with Crippen molar-refractivity contribution in [3.8, 4) is 11.5 Å². The van der Waals surface area contributed by atoms with E-state index < -0.39 is 8.32 Å². The van der Waals surface area contributed by atoms with Crippen LogP contribution in [0.3, 0.4) is 0 Å². The topological polar surface area (TPSA) is 90.8 Å². The van der Waals surface area contributed by atoms with E-state index in [0.717, 1.165) is 28.7 Å². The molecule has 0 saturated heterocycles. The monoisotopic (exact) mass is 566 g/mol. The van der Waals surface area contributed by atoms with Gasteiger partial charge in [0.1, 0.15) is 17.3 Å². The lowest BCUT2D eigenvalue weighted by atomic mass is 10.0. The highest BCUT2D eigenvalue weighted by atomic mass is 28.4. The number of rotatable bonds is 12. The lowest BCUT2D eigenvalue weighted by molar-refractivity contribution is -0.120. The van der Waals surface area contributed by atoms with Crippen LogP contribution in [0.2, 0.25) is 18.1 Å². The quantitative estimate of drug-likeness (QED) is 0.191. The van der Waals surface area contributed by atoms with E-state index in [1.807, 2.05) is 18.2 Å². The van der Waals surface area contributed by atoms with Gasteiger partial charge in [0, 0.05) is 25.2 Å². The minimum absolute atomic E-state index is 0.00147. The Morgan fingerprint density at radius 2 is 1.57 bits per heavy atom. The molecule has 0 saturated carbocycles. The van der Waals surface area contributed by atoms with Crippen molar-refractivity contribution in [2.75, 3.05) is 6.54 Å². The molecule has 2 atom stereocenters. The Bertz CT molecular complexity index is 1250. The van der Waals surface area contributed by atoms with Crippen LogP contribution >= 0.6 is 0 Å². The summed E-state index contributed by atoms with van der Waals surface area (Å²) in [5.74, 6) is -0.378. The second-order valence-electron chi connectivity index (χ2n) is 12.1. The van der Waals surface area contributed by atoms with Gasteiger partial charge in [0.15, 0.2) is 8.32 Å². The normalized spacial score (nSPS) is 13.6. The molecule has 216 valence electrons. The Balaban J connectivity index is 1.60. The lowest BCUT2D eigenvalue weighted by Crippen LogP contribution is -2.44. The summed E-state index contributed by atoms with van der Waals surface area (Å²) in [7, 11) is -2.14. The molecule has 0 radical (unpaired) electrons. The highest BCUT2D eigenvalue weighted by Gasteiger charge is 2.39. The molecule has 0 spiro atoms. The van der Waals surface area contributed by atoms with E-state index >= 15 is 0 Å². The average molecular weight is 567 g/mol. The standard InChI is InChI=1S/C32H43FN2O4Si/c1-22(34-21-30(39-40(5,6)32(2,3)4)26-17-28(36)19-29(37)18-26)14-24-8-7-9-25(15-24)16-31(38)35-20-23-10-12-27(33)13-11-23/h7-13,15,17-19,22,30,34,36-37H,14,16,20-21H2,1-6H3,(H,35,38). The molecule has 1 amide bonds. The number of hydrogen-bond acceptors (Lipinski definition) is 5. The molecule has 0 aliphatic rings. The number of phenols is 2. The third kappa shape index (κ3) is 9.47. The number of carbonyl (C=O) groups is 1. The van der Waals surface area contributed by atoms with Gasteiger partial charge < -0.3 is 25.3 Å². The molecule has 0 bridgehead atoms. The van der Waals surface area contributed by atoms with Gasteiger partial charge in [-0.1, -0.05) is 57.2 Å². The molecular weight excluding hydrogens is 523 g/mol. The van der Waals surface area contributed by atoms with Gasteiger partial charge in [0.25, 0.3) is 0 Å². The van der Waals surface area contributed by atoms with Crippen LogP contribution in [0.1, 0.15) is 56.1 Å². The van der Waals surface area contributed by atoms with E-state index in [9.17, 15) is 19.4 Å². The Kier molecular flexibility index (Phi) is 10.5. The minimum atomic E-state index is -2.14. The van der Waals surface area contributed by atoms with E-state index in [1.165, 1.54) is 18.2 Å². The van der Waals surface area contributed by atoms with Gasteiger partial charge in [-0.25, -0.2) is 4.39 Å². The van der Waals surface area contributed by atoms with E-state index in [1.54, 1.807) is 24.3 Å². The van der Waals surface area contributed by atoms with Crippen LogP contribution in [-0.2, 0) is 28.6 Å². The number of carbonyl (C=O) groups excluding carboxylic acids is 1. The second kappa shape index (κ2) is 13.4. The summed E-state index contributed by atoms with van der Waals surface area (Å²) < 4.78 is 19.8. The van der Waals surface area contributed by atoms with Gasteiger partial charge in [0.05, 0.1) is 12.5 Å². The Morgan fingerprint density at radius 3 is 2.20 bits per heavy atom. The molecule has 0 aliphatic carbocycles. The van der Waals surface area contributed by atoms with E-state index in [4.69, 9.17) is 4.43 Å². The molecule has 3 aromatic rings. The number of nitrogens with one attached hydrogen (secondary N) is 2. The summed E-state index contributed by atoms with van der Waals surface area (Å²) in [4.78, 5) is 12.5. The van der Waals surface area contributed by atoms with Gasteiger partial charge >= 0.3 is 0 Å². The fraction of sp³-hybridized carbons (Fsp3) is 0.406. The molecule has 3 rings (SSSR count). The van der Waals surface area contributed by atoms with Crippen LogP contribution in [0.25, 0.3) is 0 Å². The van der Waals surface area contributed by atoms with Crippen LogP contribution in [0, 0.1) is 5.82 Å². The summed E-state index contributed by atoms with van der Waals surface area (Å²) in [6.45, 7) is 13.9. The van der Waals surface area contributed by atoms with Gasteiger partial charge in [-0.3, -0.25) is 4.79 Å². The van der Waals surface area contributed by atoms with Crippen molar-refractivity contribution in [1.82, 2.24) is 10.6 Å². The zero-order valence-corrected chi connectivity index (χ0v) is 25.4. The van der Waals surface area contributed by atoms with Crippen LogP contribution in [0.5, 0.6) is 11.5 Å². The van der Waals surface area contributed by atoms with E-state index in [2.05, 4.69) is 57.5 Å². The van der Waals surface area contributed by atoms with Crippen molar-refractivity contribution in [3.63, 3.8) is 0 Å². The molecule has 4 N–H and O–H groups in total. The molecule has 0 aromatic heterocycles. The van der Waals surface area contributed by atoms with Crippen molar-refractivity contribution in [2.45, 2.75) is 77.4 Å². The van der Waals surface area contributed by atoms with Gasteiger partial charge in [-0.2, -0.15) is 0 Å². The number of hydrogen-bond donors (Lipinski definition) is 4. The van der Waals surface area contributed by atoms with E-state index in [0.29, 0.717) is 13.1 Å². The number of aromatic hydroxyl groups is 2. The largest absolute Gasteiger partial charge is 0.508 e. The molecule has 0 aliphatic heterocycles. The van der Waals surface area contributed by atoms with Crippen molar-refractivity contribution >= 4 is 14.2 Å². The van der Waals surface area contributed by atoms with Crippen LogP contribution < -0.4 is 10.6 Å². The third-order valence-corrected chi connectivity index (χ3v) is 12.0. The Morgan fingerprint density at radius 1 is 0.950 bits per heavy atom. The van der Waals surface area contributed by atoms with Crippen molar-refractivity contribution < 1.29 is 23.8 Å². The number of amides is 1. The van der Waals surface area contributed by atoms with Gasteiger partial charge in [-0.15, -0.1) is 0 Å². The second-order valence-corrected chi connectivity index (χ2v) is 16.8. The highest BCUT2D eigenvalue weighted by Crippen LogP contribution is 2.40. The first-order valence-electron chi connectivity index (χ1n) is 13.7. The molecular formula is C32H43FN2O4Si. The average Bonchev–Trinajstić information content (AvgIpc) is 2.85. The van der Waals surface area contributed by atoms with Crippen molar-refractivity contribution in [2.24, 2.45) is 0 Å². The zero-order valence-electron chi connectivity index (χ0n) is 24.4. The van der Waals surface area contributed by atoms with Crippen molar-refractivity contribution in [3.05, 3.63) is 94.8 Å². The number of benzene rings is 3. The fourth-order valence-corrected chi connectivity index (χ4v) is 5.50. The smallest absolute Gasteiger partial charge is 0.224 e. The SMILES string of the molecule is CC(Cc1cccc(CC(=O)NCc2ccc(F)cc2)c1)NCC(O[Si](C)(C)C(C)(C)C)c1cc(O)cc(O)c1. The zero-order chi connectivity index (χ0) is 29.5. The van der Waals surface area contributed by atoms with Crippen LogP contribution in [0.15, 0.2) is 66.7 Å². The number of halogens is 1. The predicted octanol–water partition coefficient (Wildman–Crippen LogP) is 6.38. The minimum Gasteiger partial charge on any atom is -0.508 e. The number of phenolic OH excluding ortho intramolecular Hbond substituents is 2. The maximum Gasteiger partial charge on any atom is 0.224 e. The van der Waals surface area contributed by atoms with Gasteiger partial charge in [-0.05, 0) is 78.0 Å². The summed E-state index contributed by atoms with van der Waals surface area (Å²) in [6.07, 6.45) is 0.682. The Labute approximate surface area is 238 Å². The maximum absolute atomic E-state index is 13.1. The van der Waals surface area contributed by atoms with Crippen LogP contribution in [0.4, 0.5) is 4.39 Å².